The van der Waals surface area contributed by atoms with E-state index in [-0.39, 0.29) is 53.8 Å². The second kappa shape index (κ2) is 23.2. The van der Waals surface area contributed by atoms with Gasteiger partial charge in [-0.1, -0.05) is 38.1 Å². The monoisotopic (exact) mass is 1080 g/mol. The van der Waals surface area contributed by atoms with Gasteiger partial charge in [-0.25, -0.2) is 51.9 Å². The minimum atomic E-state index is -1.68. The zero-order valence-electron chi connectivity index (χ0n) is 44.1. The average molecular weight is 1080 g/mol. The third-order valence-corrected chi connectivity index (χ3v) is 14.0. The first kappa shape index (κ1) is 55.4. The second-order valence-electron chi connectivity index (χ2n) is 19.4. The molecule has 0 radical (unpaired) electrons. The van der Waals surface area contributed by atoms with E-state index in [1.807, 2.05) is 52.5 Å². The highest BCUT2D eigenvalue weighted by molar-refractivity contribution is 7.84. The lowest BCUT2D eigenvalue weighted by Gasteiger charge is -2.32. The zero-order chi connectivity index (χ0) is 55.6. The fourth-order valence-corrected chi connectivity index (χ4v) is 9.86. The summed E-state index contributed by atoms with van der Waals surface area (Å²) < 4.78 is 72.0. The van der Waals surface area contributed by atoms with Gasteiger partial charge >= 0.3 is 12.1 Å². The summed E-state index contributed by atoms with van der Waals surface area (Å²) in [6.45, 7) is 17.6. The normalized spacial score (nSPS) is 14.7. The van der Waals surface area contributed by atoms with Crippen molar-refractivity contribution in [2.24, 2.45) is 0 Å². The number of amides is 6. The quantitative estimate of drug-likeness (QED) is 0.0635. The van der Waals surface area contributed by atoms with Gasteiger partial charge in [-0.05, 0) is 114 Å². The van der Waals surface area contributed by atoms with Crippen LogP contribution in [0.25, 0.3) is 22.5 Å². The van der Waals surface area contributed by atoms with E-state index in [0.29, 0.717) is 70.0 Å². The summed E-state index contributed by atoms with van der Waals surface area (Å²) in [7, 11) is -1.68. The molecule has 2 aromatic heterocycles. The fourth-order valence-electron chi connectivity index (χ4n) is 9.43. The van der Waals surface area contributed by atoms with Crippen molar-refractivity contribution in [2.75, 3.05) is 40.7 Å². The minimum absolute atomic E-state index is 0.0332. The lowest BCUT2D eigenvalue weighted by atomic mass is 9.97. The van der Waals surface area contributed by atoms with E-state index in [1.54, 1.807) is 30.3 Å². The smallest absolute Gasteiger partial charge is 0.328 e. The maximum Gasteiger partial charge on any atom is 0.328 e. The number of aryl methyl sites for hydroxylation is 2. The van der Waals surface area contributed by atoms with Gasteiger partial charge in [0, 0.05) is 70.9 Å². The van der Waals surface area contributed by atoms with E-state index < -0.39 is 57.5 Å². The van der Waals surface area contributed by atoms with Crippen LogP contribution in [-0.2, 0) is 23.9 Å². The topological polar surface area (TPSA) is 198 Å². The molecule has 17 nitrogen and oxygen atoms in total. The number of anilines is 5. The van der Waals surface area contributed by atoms with Crippen molar-refractivity contribution in [2.45, 2.75) is 105 Å². The van der Waals surface area contributed by atoms with Gasteiger partial charge in [-0.3, -0.25) is 18.7 Å². The maximum absolute atomic E-state index is 15.1. The number of carbonyl (C=O) groups is 4. The second-order valence-corrected chi connectivity index (χ2v) is 20.7. The van der Waals surface area contributed by atoms with E-state index in [9.17, 15) is 32.2 Å². The van der Waals surface area contributed by atoms with Gasteiger partial charge in [0.2, 0.25) is 11.1 Å². The van der Waals surface area contributed by atoms with Crippen molar-refractivity contribution in [1.29, 1.82) is 0 Å². The number of carbonyl (C=O) groups excluding carboxylic acids is 4. The molecule has 22 heteroatoms. The molecule has 1 saturated heterocycles. The van der Waals surface area contributed by atoms with Crippen LogP contribution in [-0.4, -0.2) is 97.1 Å². The van der Waals surface area contributed by atoms with Crippen LogP contribution >= 0.6 is 0 Å². The minimum Gasteiger partial charge on any atom is -0.350 e. The summed E-state index contributed by atoms with van der Waals surface area (Å²) in [6.07, 6.45) is 3.37. The summed E-state index contributed by atoms with van der Waals surface area (Å²) in [6, 6.07) is 15.9. The van der Waals surface area contributed by atoms with E-state index in [1.165, 1.54) is 18.4 Å². The largest absolute Gasteiger partial charge is 0.350 e. The van der Waals surface area contributed by atoms with E-state index >= 15 is 8.78 Å². The molecule has 4 aromatic carbocycles. The summed E-state index contributed by atoms with van der Waals surface area (Å²) >= 11 is 0. The third kappa shape index (κ3) is 11.5. The number of hydrogen-bond acceptors (Lipinski definition) is 11. The van der Waals surface area contributed by atoms with Crippen LogP contribution in [0.4, 0.5) is 56.1 Å². The maximum atomic E-state index is 15.1. The molecule has 1 fully saturated rings. The van der Waals surface area contributed by atoms with Crippen molar-refractivity contribution >= 4 is 63.6 Å². The van der Waals surface area contributed by atoms with E-state index in [0.717, 1.165) is 64.6 Å². The molecule has 77 heavy (non-hydrogen) atoms. The Kier molecular flexibility index (Phi) is 16.7. The molecule has 4 N–H and O–H groups in total. The molecule has 404 valence electrons. The lowest BCUT2D eigenvalue weighted by Crippen LogP contribution is -2.43. The number of halogens is 4. The van der Waals surface area contributed by atoms with Gasteiger partial charge in [-0.2, -0.15) is 4.98 Å². The summed E-state index contributed by atoms with van der Waals surface area (Å²) in [4.78, 5) is 76.2. The van der Waals surface area contributed by atoms with Gasteiger partial charge in [0.15, 0.2) is 11.6 Å². The molecule has 0 saturated carbocycles. The van der Waals surface area contributed by atoms with Crippen molar-refractivity contribution in [1.82, 2.24) is 46.1 Å². The number of fused-ring (bicyclic) bond motifs is 2. The molecule has 3 aliphatic heterocycles. The van der Waals surface area contributed by atoms with Gasteiger partial charge in [-0.15, -0.1) is 0 Å². The van der Waals surface area contributed by atoms with Gasteiger partial charge < -0.3 is 26.2 Å². The average Bonchev–Trinajstić information content (AvgIpc) is 3.90. The van der Waals surface area contributed by atoms with Crippen molar-refractivity contribution in [3.8, 4) is 22.5 Å². The highest BCUT2D eigenvalue weighted by atomic mass is 32.2. The standard InChI is InChI=1S/C31H37F2N7O2.C24H23F2N5O3S/c1-6-21(7-2)38-13-14-39(17-38)30-36-26(22-15-20(12-11-19(22)5)29(41)35-18(3)4)23-16-34-31(42)40(28(23)37-30)27-24(32)9-8-10-25(27)33;1-12(2)28-22(32)14-9-8-13(3)15(10-14)19-16-11-27-24(33)31(20-17(25)6-5-7-18(20)26)21(16)30-23(29-19)35(4)34/h8-12,15,18,21H,6-7,13-14,16-17H2,1-5H3,(H,34,42)(H,35,41);5-10,12H,11H2,1-4H3,(H,27,33)(H,28,32). The molecule has 1 atom stereocenters. The molecule has 0 spiro atoms. The third-order valence-electron chi connectivity index (χ3n) is 13.3. The predicted molar refractivity (Wildman–Crippen MR) is 287 cm³/mol. The number of nitrogens with zero attached hydrogens (tertiary/aromatic N) is 8. The molecular weight excluding hydrogens is 1020 g/mol. The number of urea groups is 2. The first-order valence-corrected chi connectivity index (χ1v) is 26.8. The lowest BCUT2D eigenvalue weighted by molar-refractivity contribution is 0.0934. The van der Waals surface area contributed by atoms with Crippen molar-refractivity contribution in [3.63, 3.8) is 0 Å². The molecular formula is C55H60F4N12O5S. The molecule has 0 aliphatic carbocycles. The summed E-state index contributed by atoms with van der Waals surface area (Å²) in [5, 5.41) is 11.0. The number of nitrogens with one attached hydrogen (secondary N) is 4. The zero-order valence-corrected chi connectivity index (χ0v) is 45.0. The van der Waals surface area contributed by atoms with Crippen LogP contribution in [0.2, 0.25) is 0 Å². The van der Waals surface area contributed by atoms with E-state index in [2.05, 4.69) is 50.0 Å². The summed E-state index contributed by atoms with van der Waals surface area (Å²) in [5.41, 5.74) is 4.20. The number of rotatable bonds is 13. The first-order valence-electron chi connectivity index (χ1n) is 25.2. The molecule has 6 aromatic rings. The Morgan fingerprint density at radius 3 is 1.52 bits per heavy atom. The van der Waals surface area contributed by atoms with Crippen molar-refractivity contribution in [3.05, 3.63) is 129 Å². The highest BCUT2D eigenvalue weighted by Crippen LogP contribution is 2.42. The number of benzene rings is 4. The van der Waals surface area contributed by atoms with Gasteiger partial charge in [0.25, 0.3) is 11.8 Å². The highest BCUT2D eigenvalue weighted by Gasteiger charge is 2.38. The first-order chi connectivity index (χ1) is 36.7. The Balaban J connectivity index is 0.000000207. The Morgan fingerprint density at radius 1 is 0.649 bits per heavy atom. The van der Waals surface area contributed by atoms with Gasteiger partial charge in [0.1, 0.15) is 34.6 Å². The SMILES string of the molecule is CCC(CC)N1CCN(c2nc(-c3cc(C(=O)NC(C)C)ccc3C)c3c(n2)N(c2c(F)cccc2F)C(=O)NC3)C1.Cc1ccc(C(=O)NC(C)C)cc1-c1nc(S(C)=O)nc2c1CNC(=O)N2c1c(F)cccc1F. The van der Waals surface area contributed by atoms with Crippen molar-refractivity contribution < 1.29 is 40.9 Å². The van der Waals surface area contributed by atoms with Crippen LogP contribution in [0, 0.1) is 37.1 Å². The van der Waals surface area contributed by atoms with Crippen LogP contribution < -0.4 is 36.0 Å². The van der Waals surface area contributed by atoms with Crippen LogP contribution in [0.5, 0.6) is 0 Å². The number of para-hydroxylation sites is 2. The fraction of sp³-hybridized carbons (Fsp3) is 0.345. The van der Waals surface area contributed by atoms with Gasteiger partial charge in [0.05, 0.1) is 41.9 Å². The molecule has 1 unspecified atom stereocenters. The number of aromatic nitrogens is 4. The molecule has 3 aliphatic rings. The Bertz CT molecular complexity index is 3280. The molecule has 6 amide bonds. The molecule has 9 rings (SSSR count). The Hall–Kier alpha value is -7.85. The Labute approximate surface area is 446 Å². The molecule has 0 bridgehead atoms. The predicted octanol–water partition coefficient (Wildman–Crippen LogP) is 9.46. The van der Waals surface area contributed by atoms with Crippen LogP contribution in [0.1, 0.15) is 97.4 Å². The molecule has 5 heterocycles. The Morgan fingerprint density at radius 2 is 1.09 bits per heavy atom. The van der Waals surface area contributed by atoms with Crippen LogP contribution in [0.3, 0.4) is 0 Å². The van der Waals surface area contributed by atoms with Crippen LogP contribution in [0.15, 0.2) is 78.0 Å². The number of hydrogen-bond donors (Lipinski definition) is 4. The van der Waals surface area contributed by atoms with E-state index in [4.69, 9.17) is 9.97 Å². The summed E-state index contributed by atoms with van der Waals surface area (Å²) in [5.74, 6) is -3.82.